The normalized spacial score (nSPS) is 14.8. The van der Waals surface area contributed by atoms with Gasteiger partial charge in [0.15, 0.2) is 0 Å². The van der Waals surface area contributed by atoms with Gasteiger partial charge >= 0.3 is 0 Å². The topological polar surface area (TPSA) is 0 Å². The number of rotatable bonds is 20. The van der Waals surface area contributed by atoms with Gasteiger partial charge in [-0.2, -0.15) is 0 Å². The Morgan fingerprint density at radius 3 is 1.18 bits per heavy atom. The van der Waals surface area contributed by atoms with Crippen LogP contribution in [0.5, 0.6) is 0 Å². The molecule has 1 aromatic carbocycles. The average molecular weight is 531 g/mol. The maximum atomic E-state index is 4.30. The van der Waals surface area contributed by atoms with Crippen LogP contribution in [0.3, 0.4) is 0 Å². The highest BCUT2D eigenvalue weighted by Gasteiger charge is 2.56. The first-order valence-electron chi connectivity index (χ1n) is 14.5. The quantitative estimate of drug-likeness (QED) is 0.147. The Hall–Kier alpha value is -3.64. The fourth-order valence-corrected chi connectivity index (χ4v) is 7.53. The third-order valence-electron chi connectivity index (χ3n) is 8.65. The molecule has 1 aliphatic carbocycles. The number of fused-ring (bicyclic) bond motifs is 1. The van der Waals surface area contributed by atoms with Crippen molar-refractivity contribution in [2.24, 2.45) is 5.41 Å². The Morgan fingerprint density at radius 1 is 0.375 bits per heavy atom. The van der Waals surface area contributed by atoms with Crippen molar-refractivity contribution in [2.45, 2.75) is 69.6 Å². The summed E-state index contributed by atoms with van der Waals surface area (Å²) < 4.78 is 0. The Morgan fingerprint density at radius 2 is 0.750 bits per heavy atom. The molecule has 1 aromatic rings. The van der Waals surface area contributed by atoms with Crippen molar-refractivity contribution in [3.8, 4) is 0 Å². The SMILES string of the molecule is C=CCC1=C(CC=C)C(CC=C)(CC=C)C(CC=C)(CC=C)c2c(CC=C)c(CC=C)c(CC=C)c(CC=C)c21. The first kappa shape index (κ1) is 32.6. The molecule has 0 unspecified atom stereocenters. The van der Waals surface area contributed by atoms with E-state index in [0.717, 1.165) is 64.2 Å². The molecule has 0 aromatic heterocycles. The summed E-state index contributed by atoms with van der Waals surface area (Å²) in [5.41, 5.74) is 10.2. The average Bonchev–Trinajstić information content (AvgIpc) is 2.93. The molecule has 0 amide bonds. The summed E-state index contributed by atoms with van der Waals surface area (Å²) in [5, 5.41) is 0. The lowest BCUT2D eigenvalue weighted by Crippen LogP contribution is -2.50. The van der Waals surface area contributed by atoms with E-state index in [1.165, 1.54) is 44.5 Å². The molecule has 0 atom stereocenters. The number of allylic oxidation sites excluding steroid dienone is 12. The summed E-state index contributed by atoms with van der Waals surface area (Å²) in [5.74, 6) is 0. The van der Waals surface area contributed by atoms with Crippen LogP contribution < -0.4 is 0 Å². The Balaban J connectivity index is 3.60. The predicted molar refractivity (Wildman–Crippen MR) is 182 cm³/mol. The monoisotopic (exact) mass is 530 g/mol. The fourth-order valence-electron chi connectivity index (χ4n) is 7.53. The second-order valence-corrected chi connectivity index (χ2v) is 10.7. The van der Waals surface area contributed by atoms with E-state index in [0.29, 0.717) is 0 Å². The third kappa shape index (κ3) is 5.50. The molecule has 0 saturated carbocycles. The van der Waals surface area contributed by atoms with Gasteiger partial charge in [0.1, 0.15) is 0 Å². The first-order chi connectivity index (χ1) is 19.4. The van der Waals surface area contributed by atoms with E-state index >= 15 is 0 Å². The van der Waals surface area contributed by atoms with Gasteiger partial charge in [-0.05, 0) is 103 Å². The van der Waals surface area contributed by atoms with Gasteiger partial charge in [-0.15, -0.1) is 65.8 Å². The van der Waals surface area contributed by atoms with E-state index in [-0.39, 0.29) is 10.8 Å². The van der Waals surface area contributed by atoms with Crippen LogP contribution in [0.2, 0.25) is 0 Å². The van der Waals surface area contributed by atoms with Crippen molar-refractivity contribution in [3.05, 3.63) is 166 Å². The van der Waals surface area contributed by atoms with Crippen molar-refractivity contribution in [1.82, 2.24) is 0 Å². The highest BCUT2D eigenvalue weighted by atomic mass is 14.6. The van der Waals surface area contributed by atoms with Crippen molar-refractivity contribution >= 4 is 5.57 Å². The molecule has 0 radical (unpaired) electrons. The lowest BCUT2D eigenvalue weighted by Gasteiger charge is -2.58. The van der Waals surface area contributed by atoms with E-state index in [4.69, 9.17) is 0 Å². The summed E-state index contributed by atoms with van der Waals surface area (Å²) >= 11 is 0. The van der Waals surface area contributed by atoms with Gasteiger partial charge in [-0.25, -0.2) is 0 Å². The summed E-state index contributed by atoms with van der Waals surface area (Å²) in [7, 11) is 0. The summed E-state index contributed by atoms with van der Waals surface area (Å²) in [6.07, 6.45) is 28.4. The molecule has 210 valence electrons. The second kappa shape index (κ2) is 15.2. The molecule has 0 heteroatoms. The minimum atomic E-state index is -0.325. The molecule has 0 fully saturated rings. The summed E-state index contributed by atoms with van der Waals surface area (Å²) in [4.78, 5) is 0. The lowest BCUT2D eigenvalue weighted by molar-refractivity contribution is 0.155. The van der Waals surface area contributed by atoms with E-state index in [2.05, 4.69) is 90.1 Å². The number of benzene rings is 1. The van der Waals surface area contributed by atoms with E-state index < -0.39 is 0 Å². The Bertz CT molecular complexity index is 1200. The van der Waals surface area contributed by atoms with Crippen LogP contribution >= 0.6 is 0 Å². The maximum absolute atomic E-state index is 4.30. The molecule has 0 aliphatic heterocycles. The van der Waals surface area contributed by atoms with E-state index in [9.17, 15) is 0 Å². The molecule has 2 rings (SSSR count). The van der Waals surface area contributed by atoms with Gasteiger partial charge < -0.3 is 0 Å². The molecule has 0 nitrogen and oxygen atoms in total. The van der Waals surface area contributed by atoms with Gasteiger partial charge in [0, 0.05) is 10.8 Å². The standard InChI is InChI=1S/C40H50/c1-11-21-31-32(22-12-2)34(24-14-4)38-37(33(31)23-13-3)35(25-15-5)36(26-16-6)39(27-17-7,28-18-8)40(38,29-19-9)30-20-10/h11-20H,1-10,21-30H2. The van der Waals surface area contributed by atoms with Crippen LogP contribution in [0.25, 0.3) is 5.57 Å². The minimum Gasteiger partial charge on any atom is -0.103 e. The van der Waals surface area contributed by atoms with Gasteiger partial charge in [0.25, 0.3) is 0 Å². The third-order valence-corrected chi connectivity index (χ3v) is 8.65. The van der Waals surface area contributed by atoms with Crippen LogP contribution in [0.15, 0.2) is 132 Å². The number of hydrogen-bond acceptors (Lipinski definition) is 0. The highest BCUT2D eigenvalue weighted by molar-refractivity contribution is 5.83. The van der Waals surface area contributed by atoms with Crippen molar-refractivity contribution < 1.29 is 0 Å². The maximum Gasteiger partial charge on any atom is 0.0130 e. The zero-order valence-corrected chi connectivity index (χ0v) is 24.9. The Kier molecular flexibility index (Phi) is 12.4. The molecule has 0 heterocycles. The molecule has 0 bridgehead atoms. The smallest absolute Gasteiger partial charge is 0.0130 e. The largest absolute Gasteiger partial charge is 0.103 e. The fraction of sp³-hybridized carbons (Fsp3) is 0.300. The summed E-state index contributed by atoms with van der Waals surface area (Å²) in [6, 6.07) is 0. The van der Waals surface area contributed by atoms with Crippen molar-refractivity contribution in [3.63, 3.8) is 0 Å². The zero-order chi connectivity index (χ0) is 29.8. The van der Waals surface area contributed by atoms with Crippen LogP contribution in [-0.4, -0.2) is 0 Å². The molecule has 0 saturated heterocycles. The molecular weight excluding hydrogens is 480 g/mol. The molecule has 0 spiro atoms. The van der Waals surface area contributed by atoms with E-state index in [1.807, 2.05) is 36.5 Å². The molecular formula is C40H50. The van der Waals surface area contributed by atoms with Gasteiger partial charge in [-0.1, -0.05) is 66.3 Å². The second-order valence-electron chi connectivity index (χ2n) is 10.7. The van der Waals surface area contributed by atoms with Crippen LogP contribution in [-0.2, 0) is 31.1 Å². The van der Waals surface area contributed by atoms with Crippen LogP contribution in [0.1, 0.15) is 71.9 Å². The summed E-state index contributed by atoms with van der Waals surface area (Å²) in [6.45, 7) is 42.3. The van der Waals surface area contributed by atoms with Gasteiger partial charge in [-0.3, -0.25) is 0 Å². The van der Waals surface area contributed by atoms with Crippen LogP contribution in [0, 0.1) is 5.41 Å². The van der Waals surface area contributed by atoms with Gasteiger partial charge in [0.2, 0.25) is 0 Å². The molecule has 0 N–H and O–H groups in total. The molecule has 1 aliphatic rings. The zero-order valence-electron chi connectivity index (χ0n) is 24.9. The Labute approximate surface area is 245 Å². The van der Waals surface area contributed by atoms with Gasteiger partial charge in [0.05, 0.1) is 0 Å². The molecule has 40 heavy (non-hydrogen) atoms. The highest BCUT2D eigenvalue weighted by Crippen LogP contribution is 2.65. The van der Waals surface area contributed by atoms with Crippen molar-refractivity contribution in [1.29, 1.82) is 0 Å². The van der Waals surface area contributed by atoms with E-state index in [1.54, 1.807) is 0 Å². The predicted octanol–water partition coefficient (Wildman–Crippen LogP) is 11.0. The minimum absolute atomic E-state index is 0.287. The van der Waals surface area contributed by atoms with Crippen molar-refractivity contribution in [2.75, 3.05) is 0 Å². The first-order valence-corrected chi connectivity index (χ1v) is 14.5. The lowest BCUT2D eigenvalue weighted by atomic mass is 9.45. The number of hydrogen-bond donors (Lipinski definition) is 0. The van der Waals surface area contributed by atoms with Crippen LogP contribution in [0.4, 0.5) is 0 Å².